The number of hydrogen-bond acceptors (Lipinski definition) is 9. The predicted octanol–water partition coefficient (Wildman–Crippen LogP) is -0.605. The summed E-state index contributed by atoms with van der Waals surface area (Å²) in [6, 6.07) is 9.46. The smallest absolute Gasteiger partial charge is 0.302 e. The minimum Gasteiger partial charge on any atom is -0.490 e. The Balaban J connectivity index is 3.65. The number of esters is 1. The Morgan fingerprint density at radius 3 is 1.70 bits per heavy atom. The van der Waals surface area contributed by atoms with Gasteiger partial charge in [-0.05, 0) is 12.1 Å². The largest absolute Gasteiger partial charge is 0.490 e. The van der Waals surface area contributed by atoms with Gasteiger partial charge in [-0.15, -0.1) is 0 Å². The van der Waals surface area contributed by atoms with Crippen molar-refractivity contribution >= 4 is 17.1 Å². The van der Waals surface area contributed by atoms with Crippen LogP contribution in [0, 0.1) is 45.3 Å². The van der Waals surface area contributed by atoms with Crippen molar-refractivity contribution in [2.75, 3.05) is 26.4 Å². The van der Waals surface area contributed by atoms with Gasteiger partial charge >= 0.3 is 5.97 Å². The highest BCUT2D eigenvalue weighted by atomic mass is 16.6. The standard InChI is InChI=1S/C18H14N4O5/c1-12(24)25-4-5-27-18-7-15(13(8-19)9-20)17(26-3-2-23)6-16(18)14(10-21)11-22/h6-7,23H,2-5H2,1H3. The van der Waals surface area contributed by atoms with Crippen LogP contribution in [0.4, 0.5) is 0 Å². The summed E-state index contributed by atoms with van der Waals surface area (Å²) in [6.45, 7) is 0.625. The van der Waals surface area contributed by atoms with Crippen molar-refractivity contribution in [1.82, 2.24) is 0 Å². The van der Waals surface area contributed by atoms with Crippen molar-refractivity contribution in [2.45, 2.75) is 6.92 Å². The molecule has 0 bridgehead atoms. The van der Waals surface area contributed by atoms with Gasteiger partial charge < -0.3 is 19.3 Å². The molecule has 0 amide bonds. The second kappa shape index (κ2) is 10.7. The summed E-state index contributed by atoms with van der Waals surface area (Å²) in [7, 11) is 0. The second-order valence-corrected chi connectivity index (χ2v) is 4.80. The summed E-state index contributed by atoms with van der Waals surface area (Å²) >= 11 is 0. The summed E-state index contributed by atoms with van der Waals surface area (Å²) < 4.78 is 15.6. The topological polar surface area (TPSA) is 160 Å². The number of carbonyl (C=O) groups is 1. The maximum atomic E-state index is 10.8. The lowest BCUT2D eigenvalue weighted by Gasteiger charge is -2.11. The van der Waals surface area contributed by atoms with Gasteiger partial charge in [0.15, 0.2) is 0 Å². The van der Waals surface area contributed by atoms with E-state index in [-0.39, 0.29) is 59.5 Å². The SMILES string of the molecule is CC(=O)OCCOc1cc(=C(C#N)C#N)c(OCCO)cc1=C(C#N)C#N. The van der Waals surface area contributed by atoms with Gasteiger partial charge in [0.1, 0.15) is 66.7 Å². The first-order chi connectivity index (χ1) is 13.0. The van der Waals surface area contributed by atoms with E-state index in [0.717, 1.165) is 0 Å². The van der Waals surface area contributed by atoms with Crippen molar-refractivity contribution in [1.29, 1.82) is 21.0 Å². The highest BCUT2D eigenvalue weighted by Crippen LogP contribution is 2.11. The predicted molar refractivity (Wildman–Crippen MR) is 89.7 cm³/mol. The normalized spacial score (nSPS) is 8.96. The fourth-order valence-electron chi connectivity index (χ4n) is 1.97. The number of nitriles is 4. The van der Waals surface area contributed by atoms with Gasteiger partial charge in [0.2, 0.25) is 0 Å². The van der Waals surface area contributed by atoms with Crippen LogP contribution in [0.15, 0.2) is 12.1 Å². The molecule has 0 aliphatic carbocycles. The summed E-state index contributed by atoms with van der Waals surface area (Å²) in [5, 5.41) is 45.7. The van der Waals surface area contributed by atoms with E-state index in [0.29, 0.717) is 0 Å². The fraction of sp³-hybridized carbons (Fsp3) is 0.278. The number of benzene rings is 1. The summed E-state index contributed by atoms with van der Waals surface area (Å²) in [4.78, 5) is 10.8. The van der Waals surface area contributed by atoms with Gasteiger partial charge in [0, 0.05) is 17.4 Å². The number of carbonyl (C=O) groups excluding carboxylic acids is 1. The molecule has 0 heterocycles. The Hall–Kier alpha value is -4.05. The van der Waals surface area contributed by atoms with Crippen molar-refractivity contribution < 1.29 is 24.1 Å². The van der Waals surface area contributed by atoms with E-state index >= 15 is 0 Å². The number of aliphatic hydroxyl groups is 1. The molecule has 1 aromatic carbocycles. The van der Waals surface area contributed by atoms with Crippen LogP contribution in [0.25, 0.3) is 11.1 Å². The third-order valence-electron chi connectivity index (χ3n) is 3.06. The molecule has 0 spiro atoms. The number of rotatable bonds is 7. The molecule has 0 saturated heterocycles. The lowest BCUT2D eigenvalue weighted by molar-refractivity contribution is -0.141. The molecule has 0 radical (unpaired) electrons. The monoisotopic (exact) mass is 366 g/mol. The summed E-state index contributed by atoms with van der Waals surface area (Å²) in [5.41, 5.74) is -0.567. The van der Waals surface area contributed by atoms with Crippen molar-refractivity contribution in [3.63, 3.8) is 0 Å². The first kappa shape index (κ1) is 21.0. The third kappa shape index (κ3) is 5.76. The number of nitrogens with zero attached hydrogens (tertiary/aromatic N) is 4. The molecule has 9 heteroatoms. The fourth-order valence-corrected chi connectivity index (χ4v) is 1.97. The van der Waals surface area contributed by atoms with Gasteiger partial charge in [-0.2, -0.15) is 21.0 Å². The van der Waals surface area contributed by atoms with E-state index in [1.165, 1.54) is 19.1 Å². The van der Waals surface area contributed by atoms with Crippen LogP contribution in [-0.2, 0) is 9.53 Å². The van der Waals surface area contributed by atoms with Crippen LogP contribution in [0.1, 0.15) is 6.92 Å². The van der Waals surface area contributed by atoms with Crippen LogP contribution >= 0.6 is 0 Å². The molecule has 0 aromatic heterocycles. The number of hydrogen-bond donors (Lipinski definition) is 1. The van der Waals surface area contributed by atoms with Gasteiger partial charge in [-0.1, -0.05) is 0 Å². The molecule has 0 aliphatic rings. The van der Waals surface area contributed by atoms with Crippen LogP contribution in [0.2, 0.25) is 0 Å². The van der Waals surface area contributed by atoms with Gasteiger partial charge in [-0.25, -0.2) is 0 Å². The Bertz CT molecular complexity index is 971. The average molecular weight is 366 g/mol. The third-order valence-corrected chi connectivity index (χ3v) is 3.06. The molecule has 27 heavy (non-hydrogen) atoms. The Kier molecular flexibility index (Phi) is 8.35. The molecule has 0 atom stereocenters. The highest BCUT2D eigenvalue weighted by Gasteiger charge is 2.11. The van der Waals surface area contributed by atoms with Gasteiger partial charge in [-0.3, -0.25) is 4.79 Å². The molecule has 136 valence electrons. The van der Waals surface area contributed by atoms with E-state index in [9.17, 15) is 4.79 Å². The lowest BCUT2D eigenvalue weighted by Crippen LogP contribution is -2.22. The molecule has 0 aliphatic heterocycles. The van der Waals surface area contributed by atoms with Gasteiger partial charge in [0.25, 0.3) is 0 Å². The Morgan fingerprint density at radius 1 is 0.889 bits per heavy atom. The quantitative estimate of drug-likeness (QED) is 0.490. The van der Waals surface area contributed by atoms with Gasteiger partial charge in [0.05, 0.1) is 6.61 Å². The maximum absolute atomic E-state index is 10.8. The summed E-state index contributed by atoms with van der Waals surface area (Å²) in [6.07, 6.45) is 0. The van der Waals surface area contributed by atoms with E-state index in [1.807, 2.05) is 0 Å². The highest BCUT2D eigenvalue weighted by molar-refractivity contribution is 5.77. The van der Waals surface area contributed by atoms with E-state index in [1.54, 1.807) is 24.3 Å². The van der Waals surface area contributed by atoms with Crippen LogP contribution in [-0.4, -0.2) is 37.5 Å². The number of aliphatic hydroxyl groups excluding tert-OH is 1. The summed E-state index contributed by atoms with van der Waals surface area (Å²) in [5.74, 6) is -0.430. The van der Waals surface area contributed by atoms with Crippen molar-refractivity contribution in [3.05, 3.63) is 22.6 Å². The molecular weight excluding hydrogens is 352 g/mol. The van der Waals surface area contributed by atoms with Crippen LogP contribution in [0.3, 0.4) is 0 Å². The van der Waals surface area contributed by atoms with Crippen LogP contribution < -0.4 is 19.9 Å². The molecule has 9 nitrogen and oxygen atoms in total. The van der Waals surface area contributed by atoms with E-state index in [2.05, 4.69) is 0 Å². The molecule has 0 fully saturated rings. The Labute approximate surface area is 154 Å². The average Bonchev–Trinajstić information content (AvgIpc) is 2.66. The molecule has 1 aromatic rings. The zero-order chi connectivity index (χ0) is 20.2. The van der Waals surface area contributed by atoms with Crippen molar-refractivity contribution in [2.24, 2.45) is 0 Å². The zero-order valence-corrected chi connectivity index (χ0v) is 14.4. The second-order valence-electron chi connectivity index (χ2n) is 4.80. The first-order valence-corrected chi connectivity index (χ1v) is 7.55. The first-order valence-electron chi connectivity index (χ1n) is 7.55. The molecule has 1 N–H and O–H groups in total. The minimum absolute atomic E-state index is 0.0347. The lowest BCUT2D eigenvalue weighted by atomic mass is 10.1. The molecular formula is C18H14N4O5. The zero-order valence-electron chi connectivity index (χ0n) is 14.4. The Morgan fingerprint density at radius 2 is 1.33 bits per heavy atom. The van der Waals surface area contributed by atoms with E-state index < -0.39 is 5.97 Å². The molecule has 0 saturated carbocycles. The number of ether oxygens (including phenoxy) is 3. The van der Waals surface area contributed by atoms with E-state index in [4.69, 9.17) is 40.4 Å². The minimum atomic E-state index is -0.502. The molecule has 0 unspecified atom stereocenters. The van der Waals surface area contributed by atoms with Crippen LogP contribution in [0.5, 0.6) is 11.5 Å². The molecule has 1 rings (SSSR count). The maximum Gasteiger partial charge on any atom is 0.302 e. The van der Waals surface area contributed by atoms with Crippen molar-refractivity contribution in [3.8, 4) is 35.8 Å².